The summed E-state index contributed by atoms with van der Waals surface area (Å²) < 4.78 is 0. The molecule has 2 aliphatic rings. The molecule has 1 heterocycles. The van der Waals surface area contributed by atoms with Crippen LogP contribution in [0.1, 0.15) is 48.5 Å². The van der Waals surface area contributed by atoms with Gasteiger partial charge in [0.2, 0.25) is 0 Å². The van der Waals surface area contributed by atoms with Crippen LogP contribution in [0.15, 0.2) is 36.5 Å². The summed E-state index contributed by atoms with van der Waals surface area (Å²) in [5.74, 6) is 0.560. The number of benzene rings is 1. The fourth-order valence-electron chi connectivity index (χ4n) is 3.81. The number of amides is 2. The van der Waals surface area contributed by atoms with E-state index in [2.05, 4.69) is 33.0 Å². The molecule has 0 spiro atoms. The molecule has 2 aliphatic carbocycles. The standard InChI is InChI=1S/C19H24N4O/c24-19(21-16-9-10-17-15(11-16)12-20-23-17)22-18(14-7-4-8-14)13-5-2-1-3-6-13/h1-3,5-6,12,14,16,18H,4,7-11H2,(H,20,23)(H2,21,22,24)/t16-,18+/m1/s1. The average Bonchev–Trinajstić information content (AvgIpc) is 3.01. The van der Waals surface area contributed by atoms with E-state index in [1.165, 1.54) is 36.1 Å². The first-order valence-corrected chi connectivity index (χ1v) is 8.92. The van der Waals surface area contributed by atoms with E-state index in [1.54, 1.807) is 0 Å². The molecule has 3 N–H and O–H groups in total. The third-order valence-electron chi connectivity index (χ3n) is 5.42. The van der Waals surface area contributed by atoms with E-state index in [1.807, 2.05) is 24.4 Å². The van der Waals surface area contributed by atoms with E-state index in [4.69, 9.17) is 0 Å². The molecule has 1 aromatic carbocycles. The summed E-state index contributed by atoms with van der Waals surface area (Å²) >= 11 is 0. The Labute approximate surface area is 142 Å². The van der Waals surface area contributed by atoms with Gasteiger partial charge >= 0.3 is 6.03 Å². The molecule has 24 heavy (non-hydrogen) atoms. The monoisotopic (exact) mass is 324 g/mol. The topological polar surface area (TPSA) is 69.8 Å². The lowest BCUT2D eigenvalue weighted by atomic mass is 9.77. The first kappa shape index (κ1) is 15.2. The highest BCUT2D eigenvalue weighted by Gasteiger charge is 2.30. The number of aromatic amines is 1. The highest BCUT2D eigenvalue weighted by molar-refractivity contribution is 5.75. The normalized spacial score (nSPS) is 21.4. The molecule has 0 radical (unpaired) electrons. The van der Waals surface area contributed by atoms with Gasteiger partial charge < -0.3 is 10.6 Å². The Morgan fingerprint density at radius 3 is 2.79 bits per heavy atom. The van der Waals surface area contributed by atoms with Crippen LogP contribution in [0.4, 0.5) is 4.79 Å². The molecular weight excluding hydrogens is 300 g/mol. The zero-order valence-corrected chi connectivity index (χ0v) is 13.8. The van der Waals surface area contributed by atoms with Crippen molar-refractivity contribution in [2.24, 2.45) is 5.92 Å². The van der Waals surface area contributed by atoms with Crippen molar-refractivity contribution < 1.29 is 4.79 Å². The van der Waals surface area contributed by atoms with Gasteiger partial charge in [-0.3, -0.25) is 5.10 Å². The van der Waals surface area contributed by atoms with Crippen molar-refractivity contribution in [1.82, 2.24) is 20.8 Å². The van der Waals surface area contributed by atoms with Crippen LogP contribution in [0, 0.1) is 5.92 Å². The van der Waals surface area contributed by atoms with E-state index in [0.29, 0.717) is 5.92 Å². The second-order valence-electron chi connectivity index (χ2n) is 7.01. The van der Waals surface area contributed by atoms with Gasteiger partial charge in [-0.05, 0) is 49.1 Å². The number of nitrogens with zero attached hydrogens (tertiary/aromatic N) is 1. The van der Waals surface area contributed by atoms with Gasteiger partial charge in [-0.1, -0.05) is 36.8 Å². The van der Waals surface area contributed by atoms with Crippen LogP contribution in [-0.2, 0) is 12.8 Å². The molecule has 5 heteroatoms. The van der Waals surface area contributed by atoms with E-state index in [-0.39, 0.29) is 18.1 Å². The van der Waals surface area contributed by atoms with Gasteiger partial charge in [0.15, 0.2) is 0 Å². The summed E-state index contributed by atoms with van der Waals surface area (Å²) in [5, 5.41) is 13.5. The lowest BCUT2D eigenvalue weighted by molar-refractivity contribution is 0.204. The summed E-state index contributed by atoms with van der Waals surface area (Å²) in [6.07, 6.45) is 8.31. The molecule has 0 unspecified atom stereocenters. The fourth-order valence-corrected chi connectivity index (χ4v) is 3.81. The number of aryl methyl sites for hydroxylation is 1. The van der Waals surface area contributed by atoms with E-state index in [9.17, 15) is 4.79 Å². The third-order valence-corrected chi connectivity index (χ3v) is 5.42. The summed E-state index contributed by atoms with van der Waals surface area (Å²) in [4.78, 5) is 12.5. The van der Waals surface area contributed by atoms with Crippen molar-refractivity contribution in [1.29, 1.82) is 0 Å². The Balaban J connectivity index is 1.39. The predicted octanol–water partition coefficient (Wildman–Crippen LogP) is 3.11. The van der Waals surface area contributed by atoms with Gasteiger partial charge in [0.25, 0.3) is 0 Å². The average molecular weight is 324 g/mol. The number of fused-ring (bicyclic) bond motifs is 1. The molecule has 0 aliphatic heterocycles. The smallest absolute Gasteiger partial charge is 0.315 e. The predicted molar refractivity (Wildman–Crippen MR) is 92.6 cm³/mol. The van der Waals surface area contributed by atoms with E-state index in [0.717, 1.165) is 19.3 Å². The minimum Gasteiger partial charge on any atom is -0.335 e. The van der Waals surface area contributed by atoms with E-state index < -0.39 is 0 Å². The van der Waals surface area contributed by atoms with Gasteiger partial charge in [-0.25, -0.2) is 4.79 Å². The van der Waals surface area contributed by atoms with Gasteiger partial charge in [0.05, 0.1) is 12.2 Å². The molecule has 2 aromatic rings. The van der Waals surface area contributed by atoms with Gasteiger partial charge in [-0.2, -0.15) is 5.10 Å². The number of carbonyl (C=O) groups is 1. The first-order chi connectivity index (χ1) is 11.8. The first-order valence-electron chi connectivity index (χ1n) is 8.92. The molecule has 5 nitrogen and oxygen atoms in total. The van der Waals surface area contributed by atoms with Crippen LogP contribution in [0.25, 0.3) is 0 Å². The number of aromatic nitrogens is 2. The SMILES string of the molecule is O=C(N[C@@H]1CCc2[nH]ncc2C1)N[C@@H](c1ccccc1)C1CCC1. The molecule has 2 amide bonds. The third kappa shape index (κ3) is 3.16. The summed E-state index contributed by atoms with van der Waals surface area (Å²) in [6, 6.07) is 10.6. The van der Waals surface area contributed by atoms with Gasteiger partial charge in [0.1, 0.15) is 0 Å². The minimum absolute atomic E-state index is 0.0484. The molecule has 1 aromatic heterocycles. The zero-order chi connectivity index (χ0) is 16.4. The maximum absolute atomic E-state index is 12.5. The molecule has 0 bridgehead atoms. The quantitative estimate of drug-likeness (QED) is 0.809. The van der Waals surface area contributed by atoms with Crippen molar-refractivity contribution in [3.63, 3.8) is 0 Å². The van der Waals surface area contributed by atoms with Crippen LogP contribution >= 0.6 is 0 Å². The molecule has 1 saturated carbocycles. The largest absolute Gasteiger partial charge is 0.335 e. The number of carbonyl (C=O) groups excluding carboxylic acids is 1. The molecule has 4 rings (SSSR count). The Bertz CT molecular complexity index is 692. The van der Waals surface area contributed by atoms with Crippen LogP contribution in [0.5, 0.6) is 0 Å². The molecule has 0 saturated heterocycles. The Kier molecular flexibility index (Phi) is 4.24. The summed E-state index contributed by atoms with van der Waals surface area (Å²) in [5.41, 5.74) is 3.65. The van der Waals surface area contributed by atoms with Crippen molar-refractivity contribution in [3.8, 4) is 0 Å². The summed E-state index contributed by atoms with van der Waals surface area (Å²) in [7, 11) is 0. The molecule has 126 valence electrons. The molecule has 2 atom stereocenters. The highest BCUT2D eigenvalue weighted by atomic mass is 16.2. The van der Waals surface area contributed by atoms with Crippen molar-refractivity contribution in [3.05, 3.63) is 53.3 Å². The lowest BCUT2D eigenvalue weighted by Gasteiger charge is -2.35. The number of hydrogen-bond acceptors (Lipinski definition) is 2. The highest BCUT2D eigenvalue weighted by Crippen LogP contribution is 2.37. The van der Waals surface area contributed by atoms with Crippen LogP contribution in [-0.4, -0.2) is 22.3 Å². The maximum atomic E-state index is 12.5. The van der Waals surface area contributed by atoms with Crippen molar-refractivity contribution in [2.75, 3.05) is 0 Å². The number of rotatable bonds is 4. The Hall–Kier alpha value is -2.30. The lowest BCUT2D eigenvalue weighted by Crippen LogP contribution is -2.47. The Morgan fingerprint density at radius 1 is 1.21 bits per heavy atom. The van der Waals surface area contributed by atoms with Crippen LogP contribution < -0.4 is 10.6 Å². The minimum atomic E-state index is -0.0484. The maximum Gasteiger partial charge on any atom is 0.315 e. The second kappa shape index (κ2) is 6.67. The number of H-pyrrole nitrogens is 1. The fraction of sp³-hybridized carbons (Fsp3) is 0.474. The van der Waals surface area contributed by atoms with Crippen LogP contribution in [0.2, 0.25) is 0 Å². The second-order valence-corrected chi connectivity index (χ2v) is 7.01. The van der Waals surface area contributed by atoms with Crippen molar-refractivity contribution >= 4 is 6.03 Å². The Morgan fingerprint density at radius 2 is 2.04 bits per heavy atom. The van der Waals surface area contributed by atoms with Crippen molar-refractivity contribution in [2.45, 2.75) is 50.6 Å². The number of hydrogen-bond donors (Lipinski definition) is 3. The van der Waals surface area contributed by atoms with Gasteiger partial charge in [-0.15, -0.1) is 0 Å². The van der Waals surface area contributed by atoms with Gasteiger partial charge in [0, 0.05) is 11.7 Å². The summed E-state index contributed by atoms with van der Waals surface area (Å²) in [6.45, 7) is 0. The zero-order valence-electron chi connectivity index (χ0n) is 13.8. The number of nitrogens with one attached hydrogen (secondary N) is 3. The molecular formula is C19H24N4O. The number of urea groups is 1. The van der Waals surface area contributed by atoms with E-state index >= 15 is 0 Å². The molecule has 1 fully saturated rings. The van der Waals surface area contributed by atoms with Crippen LogP contribution in [0.3, 0.4) is 0 Å².